The first-order chi connectivity index (χ1) is 34.1. The number of benzene rings is 4. The Bertz CT molecular complexity index is 3230. The van der Waals surface area contributed by atoms with Crippen LogP contribution in [0.3, 0.4) is 0 Å². The zero-order chi connectivity index (χ0) is 52.3. The fraction of sp³-hybridized carbons (Fsp3) is 0.265. The van der Waals surface area contributed by atoms with E-state index in [1.54, 1.807) is 38.2 Å². The molecule has 0 fully saturated rings. The predicted molar refractivity (Wildman–Crippen MR) is 262 cm³/mol. The van der Waals surface area contributed by atoms with Crippen LogP contribution in [-0.4, -0.2) is 112 Å². The van der Waals surface area contributed by atoms with Crippen LogP contribution in [0.5, 0.6) is 0 Å². The average molecular weight is 1010 g/mol. The quantitative estimate of drug-likeness (QED) is 0.0745. The number of carbonyl (C=O) groups excluding carboxylic acids is 4. The van der Waals surface area contributed by atoms with Crippen LogP contribution in [0.2, 0.25) is 0 Å². The van der Waals surface area contributed by atoms with Gasteiger partial charge in [-0.25, -0.2) is 55.3 Å². The van der Waals surface area contributed by atoms with Gasteiger partial charge in [0.05, 0.1) is 24.5 Å². The Morgan fingerprint density at radius 2 is 1.08 bits per heavy atom. The van der Waals surface area contributed by atoms with Crippen LogP contribution in [-0.2, 0) is 22.9 Å². The maximum Gasteiger partial charge on any atom is 0.328 e. The van der Waals surface area contributed by atoms with Crippen molar-refractivity contribution < 1.29 is 45.2 Å². The highest BCUT2D eigenvalue weighted by atomic mass is 32.2. The molecule has 0 unspecified atom stereocenters. The number of halogens is 4. The average Bonchev–Trinajstić information content (AvgIpc) is 3.34. The summed E-state index contributed by atoms with van der Waals surface area (Å²) in [6.07, 6.45) is 1.69. The van der Waals surface area contributed by atoms with Crippen molar-refractivity contribution in [3.05, 3.63) is 129 Å². The molecule has 0 aliphatic carbocycles. The van der Waals surface area contributed by atoms with E-state index in [-0.39, 0.29) is 53.4 Å². The smallest absolute Gasteiger partial charge is 0.328 e. The second-order valence-electron chi connectivity index (χ2n) is 17.0. The van der Waals surface area contributed by atoms with Crippen molar-refractivity contribution in [1.29, 1.82) is 0 Å². The Hall–Kier alpha value is -8.05. The molecular weight excluding hydrogens is 961 g/mol. The van der Waals surface area contributed by atoms with Crippen molar-refractivity contribution in [1.82, 2.24) is 46.1 Å². The van der Waals surface area contributed by atoms with Crippen LogP contribution < -0.4 is 36.0 Å². The predicted octanol–water partition coefficient (Wildman–Crippen LogP) is 6.69. The molecule has 8 rings (SSSR count). The molecular formula is C49H50F4N12O6S. The van der Waals surface area contributed by atoms with Crippen molar-refractivity contribution >= 4 is 62.7 Å². The second-order valence-corrected chi connectivity index (χ2v) is 18.9. The number of sulfone groups is 1. The van der Waals surface area contributed by atoms with E-state index in [1.165, 1.54) is 19.2 Å². The molecule has 18 nitrogen and oxygen atoms in total. The molecule has 2 aliphatic heterocycles. The van der Waals surface area contributed by atoms with Crippen molar-refractivity contribution in [3.8, 4) is 22.5 Å². The van der Waals surface area contributed by atoms with Gasteiger partial charge in [-0.15, -0.1) is 0 Å². The van der Waals surface area contributed by atoms with E-state index in [9.17, 15) is 45.2 Å². The number of nitrogens with zero attached hydrogens (tertiary/aromatic N) is 8. The highest BCUT2D eigenvalue weighted by Crippen LogP contribution is 2.41. The van der Waals surface area contributed by atoms with Crippen LogP contribution >= 0.6 is 0 Å². The van der Waals surface area contributed by atoms with Gasteiger partial charge < -0.3 is 31.1 Å². The summed E-state index contributed by atoms with van der Waals surface area (Å²) in [4.78, 5) is 73.6. The molecule has 0 saturated heterocycles. The Morgan fingerprint density at radius 1 is 0.653 bits per heavy atom. The topological polar surface area (TPSA) is 215 Å². The lowest BCUT2D eigenvalue weighted by molar-refractivity contribution is 0.0955. The number of para-hydroxylation sites is 2. The molecule has 0 saturated carbocycles. The van der Waals surface area contributed by atoms with E-state index in [0.29, 0.717) is 50.9 Å². The Morgan fingerprint density at radius 3 is 1.50 bits per heavy atom. The van der Waals surface area contributed by atoms with Gasteiger partial charge in [-0.2, -0.15) is 9.97 Å². The number of anilines is 5. The lowest BCUT2D eigenvalue weighted by Crippen LogP contribution is -2.43. The number of hydrogen-bond acceptors (Lipinski definition) is 12. The first-order valence-electron chi connectivity index (χ1n) is 22.2. The summed E-state index contributed by atoms with van der Waals surface area (Å²) < 4.78 is 83.9. The zero-order valence-corrected chi connectivity index (χ0v) is 41.2. The summed E-state index contributed by atoms with van der Waals surface area (Å²) >= 11 is 0. The summed E-state index contributed by atoms with van der Waals surface area (Å²) in [7, 11) is 4.80. The summed E-state index contributed by atoms with van der Waals surface area (Å²) in [6, 6.07) is 14.9. The molecule has 72 heavy (non-hydrogen) atoms. The van der Waals surface area contributed by atoms with Gasteiger partial charge in [0.1, 0.15) is 34.6 Å². The largest absolute Gasteiger partial charge is 0.355 e. The number of carbonyl (C=O) groups is 4. The van der Waals surface area contributed by atoms with Gasteiger partial charge in [-0.3, -0.25) is 9.59 Å². The van der Waals surface area contributed by atoms with Gasteiger partial charge in [0, 0.05) is 67.3 Å². The van der Waals surface area contributed by atoms with Crippen molar-refractivity contribution in [2.24, 2.45) is 0 Å². The minimum atomic E-state index is -4.00. The van der Waals surface area contributed by atoms with E-state index in [2.05, 4.69) is 41.1 Å². The van der Waals surface area contributed by atoms with E-state index in [4.69, 9.17) is 4.98 Å². The van der Waals surface area contributed by atoms with E-state index < -0.39 is 61.7 Å². The first kappa shape index (κ1) is 51.8. The maximum absolute atomic E-state index is 14.9. The molecule has 0 bridgehead atoms. The van der Waals surface area contributed by atoms with E-state index >= 15 is 0 Å². The number of amides is 6. The number of aromatic nitrogens is 4. The lowest BCUT2D eigenvalue weighted by atomic mass is 9.97. The molecule has 2 aliphatic rings. The standard InChI is InChI=1S/C27H31F2N7O2.C22H19F2N5O4S/c1-16-10-11-17(25(37)30-2)14-18(16)22-19-15-31-27(38)36(23-20(28)8-6-9-21(23)29)24(19)33-26(32-22)35(5)13-7-12-34(3)4;1-11-7-8-12(20(30)25-2)9-13(11)17-14-10-26-22(31)29(18-15(23)5-4-6-16(18)24)19(14)28-21(27-17)34(3,32)33/h6,8-11,14H,7,12-13,15H2,1-5H3,(H,30,37)(H,31,38);4-9H,10H2,1-3H3,(H,25,30)(H,26,31). The first-order valence-corrected chi connectivity index (χ1v) is 24.1. The highest BCUT2D eigenvalue weighted by Gasteiger charge is 2.37. The molecule has 6 aromatic rings. The molecule has 4 N–H and O–H groups in total. The third-order valence-electron chi connectivity index (χ3n) is 11.7. The number of nitrogens with one attached hydrogen (secondary N) is 4. The Labute approximate surface area is 412 Å². The third kappa shape index (κ3) is 10.5. The minimum Gasteiger partial charge on any atom is -0.355 e. The minimum absolute atomic E-state index is 0.0460. The summed E-state index contributed by atoms with van der Waals surface area (Å²) in [5, 5.41) is 9.70. The SMILES string of the molecule is CNC(=O)c1ccc(C)c(-c2nc(N(C)CCCN(C)C)nc3c2CNC(=O)N3c2c(F)cccc2F)c1.CNC(=O)c1ccc(C)c(-c2nc(S(C)(=O)=O)nc3c2CNC(=O)N3c2c(F)cccc2F)c1. The lowest BCUT2D eigenvalue weighted by Gasteiger charge is -2.32. The van der Waals surface area contributed by atoms with E-state index in [1.807, 2.05) is 39.0 Å². The van der Waals surface area contributed by atoms with Crippen molar-refractivity contribution in [2.45, 2.75) is 38.5 Å². The fourth-order valence-electron chi connectivity index (χ4n) is 7.94. The zero-order valence-electron chi connectivity index (χ0n) is 40.4. The normalized spacial score (nSPS) is 13.1. The van der Waals surface area contributed by atoms with Gasteiger partial charge in [-0.1, -0.05) is 24.3 Å². The second kappa shape index (κ2) is 21.1. The number of urea groups is 2. The van der Waals surface area contributed by atoms with Crippen molar-refractivity contribution in [2.75, 3.05) is 69.3 Å². The molecule has 4 aromatic carbocycles. The monoisotopic (exact) mass is 1010 g/mol. The number of hydrogen-bond donors (Lipinski definition) is 4. The molecule has 4 heterocycles. The molecule has 23 heteroatoms. The number of aryl methyl sites for hydroxylation is 2. The van der Waals surface area contributed by atoms with Crippen LogP contribution in [0.15, 0.2) is 78.0 Å². The van der Waals surface area contributed by atoms with Crippen LogP contribution in [0.25, 0.3) is 22.5 Å². The molecule has 0 atom stereocenters. The number of rotatable bonds is 12. The number of fused-ring (bicyclic) bond motifs is 2. The van der Waals surface area contributed by atoms with Gasteiger partial charge in [0.2, 0.25) is 20.9 Å². The summed E-state index contributed by atoms with van der Waals surface area (Å²) in [5.74, 6) is -4.42. The molecule has 0 radical (unpaired) electrons. The van der Waals surface area contributed by atoms with Crippen molar-refractivity contribution in [3.63, 3.8) is 0 Å². The molecule has 0 spiro atoms. The third-order valence-corrected chi connectivity index (χ3v) is 12.5. The fourth-order valence-corrected chi connectivity index (χ4v) is 8.45. The van der Waals surface area contributed by atoms with Gasteiger partial charge in [0.15, 0.2) is 11.6 Å². The molecule has 376 valence electrons. The summed E-state index contributed by atoms with van der Waals surface area (Å²) in [6.45, 7) is 4.97. The van der Waals surface area contributed by atoms with Crippen LogP contribution in [0.4, 0.5) is 56.1 Å². The Balaban J connectivity index is 0.000000213. The van der Waals surface area contributed by atoms with E-state index in [0.717, 1.165) is 60.0 Å². The van der Waals surface area contributed by atoms with Gasteiger partial charge in [-0.05, 0) is 101 Å². The molecule has 6 amide bonds. The summed E-state index contributed by atoms with van der Waals surface area (Å²) in [5.41, 5.74) is 3.30. The highest BCUT2D eigenvalue weighted by molar-refractivity contribution is 7.90. The Kier molecular flexibility index (Phi) is 15.2. The maximum atomic E-state index is 14.9. The molecule has 2 aromatic heterocycles. The van der Waals surface area contributed by atoms with Gasteiger partial charge in [0.25, 0.3) is 11.8 Å². The van der Waals surface area contributed by atoms with Crippen LogP contribution in [0, 0.1) is 37.1 Å². The van der Waals surface area contributed by atoms with Gasteiger partial charge >= 0.3 is 12.1 Å². The van der Waals surface area contributed by atoms with Crippen LogP contribution in [0.1, 0.15) is 49.4 Å².